The van der Waals surface area contributed by atoms with Crippen LogP contribution < -0.4 is 33.2 Å². The molecule has 5 unspecified atom stereocenters. The Kier molecular flexibility index (Phi) is 13.4. The molecule has 0 fully saturated rings. The summed E-state index contributed by atoms with van der Waals surface area (Å²) < 4.78 is 0. The average Bonchev–Trinajstić information content (AvgIpc) is 2.70. The minimum absolute atomic E-state index is 0.0941. The van der Waals surface area contributed by atoms with Crippen LogP contribution in [0.2, 0.25) is 0 Å². The van der Waals surface area contributed by atoms with Gasteiger partial charge in [-0.05, 0) is 32.1 Å². The van der Waals surface area contributed by atoms with E-state index in [0.717, 1.165) is 6.92 Å². The van der Waals surface area contributed by atoms with Crippen LogP contribution in [0.3, 0.4) is 0 Å². The second kappa shape index (κ2) is 14.8. The van der Waals surface area contributed by atoms with E-state index in [-0.39, 0.29) is 31.6 Å². The van der Waals surface area contributed by atoms with Crippen molar-refractivity contribution in [3.63, 3.8) is 0 Å². The van der Waals surface area contributed by atoms with Gasteiger partial charge in [0, 0.05) is 12.8 Å². The number of hydrogen-bond acceptors (Lipinski definition) is 8. The van der Waals surface area contributed by atoms with Gasteiger partial charge in [0.25, 0.3) is 0 Å². The number of nitrogens with one attached hydrogen (secondary N) is 3. The number of aliphatic carboxylic acids is 1. The lowest BCUT2D eigenvalue weighted by Gasteiger charge is -2.25. The van der Waals surface area contributed by atoms with E-state index in [2.05, 4.69) is 16.0 Å². The summed E-state index contributed by atoms with van der Waals surface area (Å²) in [7, 11) is 0. The van der Waals surface area contributed by atoms with Crippen molar-refractivity contribution in [2.24, 2.45) is 23.1 Å². The van der Waals surface area contributed by atoms with Gasteiger partial charge in [0.1, 0.15) is 12.1 Å². The Morgan fingerprint density at radius 3 is 1.53 bits per heavy atom. The number of primary amides is 2. The maximum Gasteiger partial charge on any atom is 0.328 e. The van der Waals surface area contributed by atoms with E-state index < -0.39 is 65.8 Å². The van der Waals surface area contributed by atoms with Crippen LogP contribution in [0.15, 0.2) is 0 Å². The van der Waals surface area contributed by atoms with Gasteiger partial charge >= 0.3 is 5.97 Å². The zero-order valence-electron chi connectivity index (χ0n) is 19.6. The Balaban J connectivity index is 5.62. The highest BCUT2D eigenvalue weighted by Gasteiger charge is 2.32. The summed E-state index contributed by atoms with van der Waals surface area (Å²) in [4.78, 5) is 71.6. The summed E-state index contributed by atoms with van der Waals surface area (Å²) in [5, 5.41) is 25.6. The molecule has 5 amide bonds. The molecule has 0 spiro atoms. The van der Waals surface area contributed by atoms with Crippen LogP contribution >= 0.6 is 0 Å². The number of carbonyl (C=O) groups is 6. The predicted octanol–water partition coefficient (Wildman–Crippen LogP) is -3.19. The fourth-order valence-corrected chi connectivity index (χ4v) is 2.92. The maximum absolute atomic E-state index is 12.9. The molecule has 0 rings (SSSR count). The highest BCUT2D eigenvalue weighted by atomic mass is 16.4. The van der Waals surface area contributed by atoms with E-state index in [0.29, 0.717) is 6.42 Å². The number of carbonyl (C=O) groups excluding carboxylic acids is 5. The highest BCUT2D eigenvalue weighted by molar-refractivity contribution is 5.94. The average molecular weight is 489 g/mol. The number of aliphatic hydroxyl groups is 1. The molecule has 14 heteroatoms. The molecular weight excluding hydrogens is 452 g/mol. The molecule has 14 nitrogen and oxygen atoms in total. The van der Waals surface area contributed by atoms with Crippen molar-refractivity contribution < 1.29 is 39.0 Å². The van der Waals surface area contributed by atoms with Crippen molar-refractivity contribution in [3.8, 4) is 0 Å². The standard InChI is InChI=1S/C20H36N6O8/c1-9(2)8-11(21)17(30)24-12(4-6-14(22)28)18(31)25-13(5-7-15(23)29)19(32)26-16(10(3)27)20(33)34/h9-13,16,27H,4-8,21H2,1-3H3,(H2,22,28)(H2,23,29)(H,24,30)(H,25,31)(H,26,32)(H,33,34). The van der Waals surface area contributed by atoms with Gasteiger partial charge in [-0.1, -0.05) is 13.8 Å². The summed E-state index contributed by atoms with van der Waals surface area (Å²) >= 11 is 0. The molecule has 34 heavy (non-hydrogen) atoms. The van der Waals surface area contributed by atoms with Crippen LogP contribution in [-0.4, -0.2) is 76.0 Å². The monoisotopic (exact) mass is 488 g/mol. The number of carboxylic acids is 1. The van der Waals surface area contributed by atoms with E-state index >= 15 is 0 Å². The molecule has 0 radical (unpaired) electrons. The van der Waals surface area contributed by atoms with Gasteiger partial charge < -0.3 is 43.4 Å². The zero-order chi connectivity index (χ0) is 26.6. The van der Waals surface area contributed by atoms with Crippen molar-refractivity contribution in [1.29, 1.82) is 0 Å². The van der Waals surface area contributed by atoms with Crippen molar-refractivity contribution >= 4 is 35.5 Å². The molecule has 0 saturated heterocycles. The number of aliphatic hydroxyl groups excluding tert-OH is 1. The van der Waals surface area contributed by atoms with Crippen molar-refractivity contribution in [2.45, 2.75) is 83.1 Å². The fraction of sp³-hybridized carbons (Fsp3) is 0.700. The first-order valence-corrected chi connectivity index (χ1v) is 10.8. The topological polar surface area (TPSA) is 257 Å². The summed E-state index contributed by atoms with van der Waals surface area (Å²) in [6.45, 7) is 4.85. The molecule has 0 bridgehead atoms. The Labute approximate surface area is 197 Å². The van der Waals surface area contributed by atoms with E-state index in [9.17, 15) is 33.9 Å². The second-order valence-electron chi connectivity index (χ2n) is 8.43. The molecule has 194 valence electrons. The first-order chi connectivity index (χ1) is 15.6. The first kappa shape index (κ1) is 30.7. The molecule has 0 aromatic rings. The molecule has 0 aliphatic carbocycles. The van der Waals surface area contributed by atoms with Gasteiger partial charge in [0.2, 0.25) is 29.5 Å². The Morgan fingerprint density at radius 1 is 0.765 bits per heavy atom. The Hall–Kier alpha value is -3.26. The first-order valence-electron chi connectivity index (χ1n) is 10.8. The molecule has 5 atom stereocenters. The summed E-state index contributed by atoms with van der Waals surface area (Å²) in [5.74, 6) is -5.49. The molecule has 0 heterocycles. The summed E-state index contributed by atoms with van der Waals surface area (Å²) in [6, 6.07) is -5.34. The largest absolute Gasteiger partial charge is 0.480 e. The number of hydrogen-bond donors (Lipinski definition) is 8. The van der Waals surface area contributed by atoms with Gasteiger partial charge in [-0.3, -0.25) is 24.0 Å². The number of nitrogens with two attached hydrogens (primary N) is 3. The van der Waals surface area contributed by atoms with E-state index in [4.69, 9.17) is 22.3 Å². The predicted molar refractivity (Wildman–Crippen MR) is 119 cm³/mol. The normalized spacial score (nSPS) is 15.4. The Morgan fingerprint density at radius 2 is 1.18 bits per heavy atom. The fourth-order valence-electron chi connectivity index (χ4n) is 2.92. The third kappa shape index (κ3) is 12.1. The molecule has 0 aliphatic rings. The second-order valence-corrected chi connectivity index (χ2v) is 8.43. The molecule has 0 aromatic heterocycles. The maximum atomic E-state index is 12.9. The number of carboxylic acid groups (broad SMARTS) is 1. The molecule has 0 aliphatic heterocycles. The zero-order valence-corrected chi connectivity index (χ0v) is 19.6. The molecule has 0 aromatic carbocycles. The van der Waals surface area contributed by atoms with Crippen LogP contribution in [0, 0.1) is 5.92 Å². The van der Waals surface area contributed by atoms with Crippen LogP contribution in [0.4, 0.5) is 0 Å². The Bertz CT molecular complexity index is 757. The number of amides is 5. The minimum atomic E-state index is -1.68. The third-order valence-corrected chi connectivity index (χ3v) is 4.73. The van der Waals surface area contributed by atoms with Crippen LogP contribution in [0.1, 0.15) is 52.9 Å². The van der Waals surface area contributed by atoms with Crippen molar-refractivity contribution in [2.75, 3.05) is 0 Å². The smallest absolute Gasteiger partial charge is 0.328 e. The lowest BCUT2D eigenvalue weighted by Crippen LogP contribution is -2.58. The van der Waals surface area contributed by atoms with E-state index in [1.165, 1.54) is 0 Å². The van der Waals surface area contributed by atoms with E-state index in [1.54, 1.807) is 0 Å². The van der Waals surface area contributed by atoms with Crippen molar-refractivity contribution in [3.05, 3.63) is 0 Å². The van der Waals surface area contributed by atoms with Gasteiger partial charge in [-0.2, -0.15) is 0 Å². The van der Waals surface area contributed by atoms with Gasteiger partial charge in [-0.25, -0.2) is 4.79 Å². The van der Waals surface area contributed by atoms with Gasteiger partial charge in [0.05, 0.1) is 12.1 Å². The van der Waals surface area contributed by atoms with Crippen molar-refractivity contribution in [1.82, 2.24) is 16.0 Å². The van der Waals surface area contributed by atoms with Gasteiger partial charge in [0.15, 0.2) is 6.04 Å². The summed E-state index contributed by atoms with van der Waals surface area (Å²) in [6.07, 6.45) is -2.21. The molecule has 0 saturated carbocycles. The highest BCUT2D eigenvalue weighted by Crippen LogP contribution is 2.07. The van der Waals surface area contributed by atoms with Crippen LogP contribution in [0.25, 0.3) is 0 Å². The minimum Gasteiger partial charge on any atom is -0.480 e. The number of rotatable bonds is 16. The van der Waals surface area contributed by atoms with E-state index in [1.807, 2.05) is 13.8 Å². The molecule has 11 N–H and O–H groups in total. The quantitative estimate of drug-likeness (QED) is 0.109. The lowest BCUT2D eigenvalue weighted by atomic mass is 10.0. The SMILES string of the molecule is CC(C)CC(N)C(=O)NC(CCC(N)=O)C(=O)NC(CCC(N)=O)C(=O)NC(C(=O)O)C(C)O. The molecular formula is C20H36N6O8. The third-order valence-electron chi connectivity index (χ3n) is 4.73. The van der Waals surface area contributed by atoms with Gasteiger partial charge in [-0.15, -0.1) is 0 Å². The lowest BCUT2D eigenvalue weighted by molar-refractivity contribution is -0.145. The summed E-state index contributed by atoms with van der Waals surface area (Å²) in [5.41, 5.74) is 16.1. The van der Waals surface area contributed by atoms with Crippen LogP contribution in [0.5, 0.6) is 0 Å². The van der Waals surface area contributed by atoms with Crippen LogP contribution in [-0.2, 0) is 28.8 Å².